The molecule has 1 heterocycles. The van der Waals surface area contributed by atoms with Gasteiger partial charge >= 0.3 is 0 Å². The molecule has 4 nitrogen and oxygen atoms in total. The van der Waals surface area contributed by atoms with Gasteiger partial charge in [0.05, 0.1) is 16.7 Å². The summed E-state index contributed by atoms with van der Waals surface area (Å²) >= 11 is 0. The average Bonchev–Trinajstić information content (AvgIpc) is 2.73. The highest BCUT2D eigenvalue weighted by Gasteiger charge is 2.39. The Hall–Kier alpha value is -2.02. The van der Waals surface area contributed by atoms with Crippen molar-refractivity contribution in [1.29, 1.82) is 5.26 Å². The van der Waals surface area contributed by atoms with Crippen LogP contribution in [0.25, 0.3) is 0 Å². The molecule has 4 heteroatoms. The smallest absolute Gasteiger partial charge is 0.225 e. The molecular weight excluding hydrogens is 226 g/mol. The van der Waals surface area contributed by atoms with Crippen molar-refractivity contribution in [2.75, 3.05) is 18.0 Å². The molecule has 2 rings (SSSR count). The fourth-order valence-electron chi connectivity index (χ4n) is 2.38. The van der Waals surface area contributed by atoms with E-state index < -0.39 is 5.41 Å². The maximum atomic E-state index is 11.4. The highest BCUT2D eigenvalue weighted by molar-refractivity contribution is 5.82. The molecule has 1 fully saturated rings. The van der Waals surface area contributed by atoms with Crippen LogP contribution in [0.4, 0.5) is 5.69 Å². The predicted octanol–water partition coefficient (Wildman–Crippen LogP) is 1.57. The van der Waals surface area contributed by atoms with E-state index in [2.05, 4.69) is 11.0 Å². The Balaban J connectivity index is 2.30. The van der Waals surface area contributed by atoms with Crippen molar-refractivity contribution in [3.63, 3.8) is 0 Å². The van der Waals surface area contributed by atoms with Crippen molar-refractivity contribution in [2.24, 2.45) is 11.1 Å². The van der Waals surface area contributed by atoms with Crippen LogP contribution < -0.4 is 10.6 Å². The van der Waals surface area contributed by atoms with Gasteiger partial charge in [0.25, 0.3) is 0 Å². The van der Waals surface area contributed by atoms with E-state index in [1.807, 2.05) is 32.0 Å². The number of primary amides is 1. The number of nitriles is 1. The summed E-state index contributed by atoms with van der Waals surface area (Å²) in [5.41, 5.74) is 7.56. The molecule has 1 atom stereocenters. The lowest BCUT2D eigenvalue weighted by Crippen LogP contribution is -2.37. The van der Waals surface area contributed by atoms with Gasteiger partial charge in [0, 0.05) is 13.1 Å². The minimum Gasteiger partial charge on any atom is -0.369 e. The zero-order valence-electron chi connectivity index (χ0n) is 10.7. The molecule has 0 aliphatic carbocycles. The van der Waals surface area contributed by atoms with Crippen molar-refractivity contribution in [2.45, 2.75) is 20.3 Å². The molecule has 0 saturated carbocycles. The first kappa shape index (κ1) is 12.4. The van der Waals surface area contributed by atoms with Crippen molar-refractivity contribution in [3.05, 3.63) is 29.3 Å². The van der Waals surface area contributed by atoms with Crippen LogP contribution in [-0.4, -0.2) is 19.0 Å². The number of aryl methyl sites for hydroxylation is 1. The number of nitrogens with two attached hydrogens (primary N) is 1. The maximum Gasteiger partial charge on any atom is 0.225 e. The van der Waals surface area contributed by atoms with Gasteiger partial charge in [0.1, 0.15) is 6.07 Å². The third kappa shape index (κ3) is 2.04. The Labute approximate surface area is 107 Å². The summed E-state index contributed by atoms with van der Waals surface area (Å²) in [5, 5.41) is 9.17. The Morgan fingerprint density at radius 1 is 1.56 bits per heavy atom. The monoisotopic (exact) mass is 243 g/mol. The van der Waals surface area contributed by atoms with Crippen LogP contribution in [0, 0.1) is 23.7 Å². The van der Waals surface area contributed by atoms with E-state index >= 15 is 0 Å². The molecule has 2 N–H and O–H groups in total. The predicted molar refractivity (Wildman–Crippen MR) is 70.0 cm³/mol. The van der Waals surface area contributed by atoms with Crippen molar-refractivity contribution >= 4 is 11.6 Å². The number of anilines is 1. The Morgan fingerprint density at radius 2 is 2.28 bits per heavy atom. The first-order chi connectivity index (χ1) is 8.46. The number of carbonyl (C=O) groups is 1. The normalized spacial score (nSPS) is 22.8. The third-order valence-electron chi connectivity index (χ3n) is 3.68. The van der Waals surface area contributed by atoms with Gasteiger partial charge < -0.3 is 10.6 Å². The molecule has 1 unspecified atom stereocenters. The Morgan fingerprint density at radius 3 is 2.83 bits per heavy atom. The molecular formula is C14H17N3O. The van der Waals surface area contributed by atoms with Crippen LogP contribution in [-0.2, 0) is 4.79 Å². The number of rotatable bonds is 2. The number of nitrogens with zero attached hydrogens (tertiary/aromatic N) is 2. The maximum absolute atomic E-state index is 11.4. The number of hydrogen-bond acceptors (Lipinski definition) is 3. The van der Waals surface area contributed by atoms with E-state index in [1.54, 1.807) is 0 Å². The van der Waals surface area contributed by atoms with Gasteiger partial charge in [-0.15, -0.1) is 0 Å². The molecule has 1 aliphatic heterocycles. The minimum atomic E-state index is -0.488. The quantitative estimate of drug-likeness (QED) is 0.857. The molecule has 1 saturated heterocycles. The second kappa shape index (κ2) is 4.34. The molecule has 1 aliphatic rings. The van der Waals surface area contributed by atoms with Crippen molar-refractivity contribution < 1.29 is 4.79 Å². The zero-order valence-corrected chi connectivity index (χ0v) is 10.7. The van der Waals surface area contributed by atoms with Crippen LogP contribution in [0.1, 0.15) is 24.5 Å². The highest BCUT2D eigenvalue weighted by Crippen LogP contribution is 2.34. The lowest BCUT2D eigenvalue weighted by molar-refractivity contribution is -0.125. The van der Waals surface area contributed by atoms with Gasteiger partial charge in [0.2, 0.25) is 5.91 Å². The summed E-state index contributed by atoms with van der Waals surface area (Å²) in [5.74, 6) is -0.268. The van der Waals surface area contributed by atoms with E-state index in [0.29, 0.717) is 12.1 Å². The lowest BCUT2D eigenvalue weighted by Gasteiger charge is -2.23. The molecule has 1 aromatic carbocycles. The molecule has 0 aromatic heterocycles. The SMILES string of the molecule is Cc1ccc(N2CCC(C)(C(N)=O)C2)c(C#N)c1. The van der Waals surface area contributed by atoms with E-state index in [1.165, 1.54) is 0 Å². The number of carbonyl (C=O) groups excluding carboxylic acids is 1. The Kier molecular flexibility index (Phi) is 3.00. The Bertz CT molecular complexity index is 532. The standard InChI is InChI=1S/C14H17N3O/c1-10-3-4-12(11(7-10)8-15)17-6-5-14(2,9-17)13(16)18/h3-4,7H,5-6,9H2,1-2H3,(H2,16,18). The summed E-state index contributed by atoms with van der Waals surface area (Å²) in [6.45, 7) is 5.19. The van der Waals surface area contributed by atoms with Gasteiger partial charge in [-0.2, -0.15) is 5.26 Å². The molecule has 1 amide bonds. The second-order valence-corrected chi connectivity index (χ2v) is 5.23. The number of amides is 1. The van der Waals surface area contributed by atoms with Crippen LogP contribution in [0.3, 0.4) is 0 Å². The molecule has 0 spiro atoms. The first-order valence-electron chi connectivity index (χ1n) is 6.02. The average molecular weight is 243 g/mol. The van der Waals surface area contributed by atoms with Crippen LogP contribution >= 0.6 is 0 Å². The largest absolute Gasteiger partial charge is 0.369 e. The third-order valence-corrected chi connectivity index (χ3v) is 3.68. The zero-order chi connectivity index (χ0) is 13.3. The minimum absolute atomic E-state index is 0.268. The summed E-state index contributed by atoms with van der Waals surface area (Å²) in [6.07, 6.45) is 0.737. The first-order valence-corrected chi connectivity index (χ1v) is 6.02. The van der Waals surface area contributed by atoms with Gasteiger partial charge in [-0.1, -0.05) is 6.07 Å². The fraction of sp³-hybridized carbons (Fsp3) is 0.429. The molecule has 1 aromatic rings. The van der Waals surface area contributed by atoms with Gasteiger partial charge in [-0.05, 0) is 38.0 Å². The number of hydrogen-bond donors (Lipinski definition) is 1. The van der Waals surface area contributed by atoms with Gasteiger partial charge in [-0.3, -0.25) is 4.79 Å². The van der Waals surface area contributed by atoms with Crippen LogP contribution in [0.2, 0.25) is 0 Å². The second-order valence-electron chi connectivity index (χ2n) is 5.23. The van der Waals surface area contributed by atoms with Gasteiger partial charge in [-0.25, -0.2) is 0 Å². The lowest BCUT2D eigenvalue weighted by atomic mass is 9.89. The topological polar surface area (TPSA) is 70.1 Å². The van der Waals surface area contributed by atoms with Crippen LogP contribution in [0.15, 0.2) is 18.2 Å². The van der Waals surface area contributed by atoms with Gasteiger partial charge in [0.15, 0.2) is 0 Å². The van der Waals surface area contributed by atoms with E-state index in [9.17, 15) is 10.1 Å². The van der Waals surface area contributed by atoms with E-state index in [-0.39, 0.29) is 5.91 Å². The van der Waals surface area contributed by atoms with Crippen molar-refractivity contribution in [3.8, 4) is 6.07 Å². The number of benzene rings is 1. The summed E-state index contributed by atoms with van der Waals surface area (Å²) in [4.78, 5) is 13.5. The van der Waals surface area contributed by atoms with E-state index in [0.717, 1.165) is 24.2 Å². The molecule has 0 bridgehead atoms. The molecule has 18 heavy (non-hydrogen) atoms. The highest BCUT2D eigenvalue weighted by atomic mass is 16.1. The van der Waals surface area contributed by atoms with Crippen molar-refractivity contribution in [1.82, 2.24) is 0 Å². The fourth-order valence-corrected chi connectivity index (χ4v) is 2.38. The molecule has 94 valence electrons. The summed E-state index contributed by atoms with van der Waals surface area (Å²) < 4.78 is 0. The van der Waals surface area contributed by atoms with E-state index in [4.69, 9.17) is 5.73 Å². The van der Waals surface area contributed by atoms with Crippen LogP contribution in [0.5, 0.6) is 0 Å². The summed E-state index contributed by atoms with van der Waals surface area (Å²) in [6, 6.07) is 8.01. The summed E-state index contributed by atoms with van der Waals surface area (Å²) in [7, 11) is 0. The molecule has 0 radical (unpaired) electrons.